The lowest BCUT2D eigenvalue weighted by molar-refractivity contribution is 0.0536. The summed E-state index contributed by atoms with van der Waals surface area (Å²) in [4.78, 5) is 19.7. The molecule has 0 aliphatic carbocycles. The fourth-order valence-electron chi connectivity index (χ4n) is 2.94. The van der Waals surface area contributed by atoms with Crippen LogP contribution in [0.4, 0.5) is 0 Å². The summed E-state index contributed by atoms with van der Waals surface area (Å²) in [5.41, 5.74) is 0. The number of carbonyl (C=O) groups excluding carboxylic acids is 1. The van der Waals surface area contributed by atoms with Crippen molar-refractivity contribution in [3.63, 3.8) is 0 Å². The number of rotatable bonds is 11. The van der Waals surface area contributed by atoms with Gasteiger partial charge in [0.2, 0.25) is 0 Å². The molecule has 2 N–H and O–H groups in total. The third-order valence-electron chi connectivity index (χ3n) is 4.33. The molecule has 1 amide bonds. The van der Waals surface area contributed by atoms with Crippen LogP contribution in [0.2, 0.25) is 0 Å². The van der Waals surface area contributed by atoms with Crippen LogP contribution in [0.1, 0.15) is 29.4 Å². The van der Waals surface area contributed by atoms with Crippen LogP contribution in [-0.4, -0.2) is 76.4 Å². The Morgan fingerprint density at radius 1 is 1.41 bits per heavy atom. The summed E-state index contributed by atoms with van der Waals surface area (Å²) in [5.74, 6) is 1.49. The van der Waals surface area contributed by atoms with Crippen molar-refractivity contribution in [2.75, 3.05) is 59.7 Å². The predicted octanol–water partition coefficient (Wildman–Crippen LogP) is 1.82. The molecule has 0 saturated carbocycles. The molecule has 1 atom stereocenters. The van der Waals surface area contributed by atoms with Gasteiger partial charge in [0.05, 0.1) is 24.7 Å². The van der Waals surface area contributed by atoms with E-state index < -0.39 is 0 Å². The van der Waals surface area contributed by atoms with Gasteiger partial charge in [0.25, 0.3) is 5.91 Å². The molecule has 1 aliphatic heterocycles. The fourth-order valence-corrected chi connectivity index (χ4v) is 3.58. The Hall–Kier alpha value is -1.64. The minimum absolute atomic E-state index is 0.00301. The number of ether oxygens (including phenoxy) is 2. The molecule has 1 fully saturated rings. The second-order valence-electron chi connectivity index (χ2n) is 6.49. The van der Waals surface area contributed by atoms with E-state index in [0.717, 1.165) is 49.9 Å². The molecule has 0 spiro atoms. The lowest BCUT2D eigenvalue weighted by Crippen LogP contribution is -2.40. The molecule has 2 rings (SSSR count). The highest BCUT2D eigenvalue weighted by atomic mass is 32.1. The summed E-state index contributed by atoms with van der Waals surface area (Å²) < 4.78 is 10.7. The zero-order chi connectivity index (χ0) is 19.3. The summed E-state index contributed by atoms with van der Waals surface area (Å²) in [6.07, 6.45) is 1.94. The Bertz CT molecular complexity index is 565. The quantitative estimate of drug-likeness (QED) is 0.339. The standard InChI is InChI=1S/C19H32N4O3S/c1-3-20-19(23-10-7-16(14-23)15-26-12-11-25-2)22-9-5-8-21-18(24)17-6-4-13-27-17/h4,6,13,16H,3,5,7-12,14-15H2,1-2H3,(H,20,22)(H,21,24). The van der Waals surface area contributed by atoms with E-state index in [-0.39, 0.29) is 5.91 Å². The lowest BCUT2D eigenvalue weighted by Gasteiger charge is -2.21. The van der Waals surface area contributed by atoms with Crippen molar-refractivity contribution < 1.29 is 14.3 Å². The molecule has 1 saturated heterocycles. The van der Waals surface area contributed by atoms with Gasteiger partial charge in [-0.1, -0.05) is 6.07 Å². The third kappa shape index (κ3) is 7.86. The molecule has 152 valence electrons. The SMILES string of the molecule is CCNC(=NCCCNC(=O)c1cccs1)N1CCC(COCCOC)C1. The van der Waals surface area contributed by atoms with Crippen LogP contribution in [0.15, 0.2) is 22.5 Å². The number of nitrogens with zero attached hydrogens (tertiary/aromatic N) is 2. The number of carbonyl (C=O) groups is 1. The van der Waals surface area contributed by atoms with Crippen molar-refractivity contribution >= 4 is 23.2 Å². The normalized spacial score (nSPS) is 17.3. The summed E-state index contributed by atoms with van der Waals surface area (Å²) >= 11 is 1.46. The first-order chi connectivity index (χ1) is 13.2. The van der Waals surface area contributed by atoms with Gasteiger partial charge in [0.1, 0.15) is 0 Å². The predicted molar refractivity (Wildman–Crippen MR) is 110 cm³/mol. The van der Waals surface area contributed by atoms with Gasteiger partial charge in [-0.3, -0.25) is 9.79 Å². The van der Waals surface area contributed by atoms with Crippen LogP contribution in [0.25, 0.3) is 0 Å². The van der Waals surface area contributed by atoms with Crippen molar-refractivity contribution in [2.45, 2.75) is 19.8 Å². The molecular formula is C19H32N4O3S. The molecule has 1 aromatic rings. The average Bonchev–Trinajstić information content (AvgIpc) is 3.36. The van der Waals surface area contributed by atoms with Gasteiger partial charge in [-0.2, -0.15) is 0 Å². The van der Waals surface area contributed by atoms with Gasteiger partial charge in [-0.25, -0.2) is 0 Å². The second-order valence-corrected chi connectivity index (χ2v) is 7.44. The van der Waals surface area contributed by atoms with Gasteiger partial charge in [-0.15, -0.1) is 11.3 Å². The molecule has 2 heterocycles. The minimum atomic E-state index is -0.00301. The maximum Gasteiger partial charge on any atom is 0.261 e. The minimum Gasteiger partial charge on any atom is -0.382 e. The average molecular weight is 397 g/mol. The van der Waals surface area contributed by atoms with Crippen molar-refractivity contribution in [3.8, 4) is 0 Å². The monoisotopic (exact) mass is 396 g/mol. The summed E-state index contributed by atoms with van der Waals surface area (Å²) in [6.45, 7) is 8.29. The van der Waals surface area contributed by atoms with Crippen molar-refractivity contribution in [1.29, 1.82) is 0 Å². The van der Waals surface area contributed by atoms with E-state index >= 15 is 0 Å². The number of hydrogen-bond acceptors (Lipinski definition) is 5. The Labute approximate surface area is 166 Å². The summed E-state index contributed by atoms with van der Waals surface area (Å²) in [5, 5.41) is 8.23. The smallest absolute Gasteiger partial charge is 0.261 e. The van der Waals surface area contributed by atoms with Crippen molar-refractivity contribution in [2.24, 2.45) is 10.9 Å². The highest BCUT2D eigenvalue weighted by Gasteiger charge is 2.24. The van der Waals surface area contributed by atoms with E-state index in [2.05, 4.69) is 22.5 Å². The molecule has 1 unspecified atom stereocenters. The first kappa shape index (κ1) is 21.7. The topological polar surface area (TPSA) is 75.2 Å². The van der Waals surface area contributed by atoms with Crippen LogP contribution >= 0.6 is 11.3 Å². The van der Waals surface area contributed by atoms with E-state index in [0.29, 0.717) is 32.2 Å². The molecule has 0 radical (unpaired) electrons. The van der Waals surface area contributed by atoms with E-state index in [1.807, 2.05) is 17.5 Å². The third-order valence-corrected chi connectivity index (χ3v) is 5.20. The number of thiophene rings is 1. The van der Waals surface area contributed by atoms with Crippen LogP contribution in [-0.2, 0) is 9.47 Å². The van der Waals surface area contributed by atoms with Gasteiger partial charge in [-0.05, 0) is 31.2 Å². The van der Waals surface area contributed by atoms with E-state index in [1.165, 1.54) is 11.3 Å². The Balaban J connectivity index is 1.68. The molecule has 8 heteroatoms. The number of likely N-dealkylation sites (tertiary alicyclic amines) is 1. The molecule has 1 aromatic heterocycles. The molecule has 27 heavy (non-hydrogen) atoms. The van der Waals surface area contributed by atoms with E-state index in [1.54, 1.807) is 7.11 Å². The van der Waals surface area contributed by atoms with Gasteiger partial charge in [0.15, 0.2) is 5.96 Å². The molecule has 0 bridgehead atoms. The molecular weight excluding hydrogens is 364 g/mol. The zero-order valence-corrected chi connectivity index (χ0v) is 17.2. The second kappa shape index (κ2) is 12.7. The summed E-state index contributed by atoms with van der Waals surface area (Å²) in [7, 11) is 1.69. The summed E-state index contributed by atoms with van der Waals surface area (Å²) in [6, 6.07) is 3.72. The van der Waals surface area contributed by atoms with Gasteiger partial charge in [0, 0.05) is 45.8 Å². The van der Waals surface area contributed by atoms with Gasteiger partial charge >= 0.3 is 0 Å². The fraction of sp³-hybridized carbons (Fsp3) is 0.684. The molecule has 0 aromatic carbocycles. The number of nitrogens with one attached hydrogen (secondary N) is 2. The number of methoxy groups -OCH3 is 1. The number of amides is 1. The largest absolute Gasteiger partial charge is 0.382 e. The van der Waals surface area contributed by atoms with E-state index in [4.69, 9.17) is 14.5 Å². The number of aliphatic imine (C=N–C) groups is 1. The first-order valence-electron chi connectivity index (χ1n) is 9.66. The maximum atomic E-state index is 11.9. The van der Waals surface area contributed by atoms with Crippen LogP contribution in [0.5, 0.6) is 0 Å². The molecule has 7 nitrogen and oxygen atoms in total. The maximum absolute atomic E-state index is 11.9. The Morgan fingerprint density at radius 3 is 3.04 bits per heavy atom. The molecule has 1 aliphatic rings. The van der Waals surface area contributed by atoms with Crippen LogP contribution < -0.4 is 10.6 Å². The Morgan fingerprint density at radius 2 is 2.30 bits per heavy atom. The van der Waals surface area contributed by atoms with Crippen LogP contribution in [0.3, 0.4) is 0 Å². The first-order valence-corrected chi connectivity index (χ1v) is 10.5. The van der Waals surface area contributed by atoms with Crippen molar-refractivity contribution in [3.05, 3.63) is 22.4 Å². The van der Waals surface area contributed by atoms with Crippen molar-refractivity contribution in [1.82, 2.24) is 15.5 Å². The number of hydrogen-bond donors (Lipinski definition) is 2. The lowest BCUT2D eigenvalue weighted by atomic mass is 10.1. The number of guanidine groups is 1. The zero-order valence-electron chi connectivity index (χ0n) is 16.4. The van der Waals surface area contributed by atoms with E-state index in [9.17, 15) is 4.79 Å². The Kier molecular flexibility index (Phi) is 10.2. The highest BCUT2D eigenvalue weighted by molar-refractivity contribution is 7.12. The highest BCUT2D eigenvalue weighted by Crippen LogP contribution is 2.16. The van der Waals surface area contributed by atoms with Gasteiger partial charge < -0.3 is 25.0 Å². The van der Waals surface area contributed by atoms with Crippen LogP contribution in [0, 0.1) is 5.92 Å².